The molecule has 0 aliphatic heterocycles. The summed E-state index contributed by atoms with van der Waals surface area (Å²) < 4.78 is 13.2. The number of nitrogens with one attached hydrogen (secondary N) is 2. The summed E-state index contributed by atoms with van der Waals surface area (Å²) in [6.07, 6.45) is -0.0157. The third-order valence-corrected chi connectivity index (χ3v) is 2.15. The Labute approximate surface area is 99.0 Å². The van der Waals surface area contributed by atoms with Gasteiger partial charge in [-0.3, -0.25) is 4.79 Å². The first-order valence-corrected chi connectivity index (χ1v) is 5.35. The van der Waals surface area contributed by atoms with Crippen LogP contribution in [0.5, 0.6) is 0 Å². The molecule has 0 aliphatic carbocycles. The van der Waals surface area contributed by atoms with Crippen molar-refractivity contribution >= 4 is 23.2 Å². The SMILES string of the molecule is CCNC(=S)NC(=O)Cc1ccccc1F. The first kappa shape index (κ1) is 12.6. The van der Waals surface area contributed by atoms with Gasteiger partial charge < -0.3 is 10.6 Å². The number of carbonyl (C=O) groups excluding carboxylic acids is 1. The zero-order chi connectivity index (χ0) is 12.0. The van der Waals surface area contributed by atoms with Crippen molar-refractivity contribution in [1.29, 1.82) is 0 Å². The van der Waals surface area contributed by atoms with Gasteiger partial charge in [-0.1, -0.05) is 18.2 Å². The molecule has 0 saturated carbocycles. The van der Waals surface area contributed by atoms with Crippen molar-refractivity contribution < 1.29 is 9.18 Å². The van der Waals surface area contributed by atoms with Crippen molar-refractivity contribution in [2.24, 2.45) is 0 Å². The van der Waals surface area contributed by atoms with Crippen LogP contribution in [0.3, 0.4) is 0 Å². The summed E-state index contributed by atoms with van der Waals surface area (Å²) in [6, 6.07) is 6.17. The molecule has 5 heteroatoms. The van der Waals surface area contributed by atoms with Gasteiger partial charge in [-0.15, -0.1) is 0 Å². The Hall–Kier alpha value is -1.49. The Morgan fingerprint density at radius 2 is 2.12 bits per heavy atom. The Morgan fingerprint density at radius 3 is 2.75 bits per heavy atom. The molecule has 0 unspecified atom stereocenters. The maximum atomic E-state index is 13.2. The molecule has 0 aromatic heterocycles. The summed E-state index contributed by atoms with van der Waals surface area (Å²) in [7, 11) is 0. The number of halogens is 1. The van der Waals surface area contributed by atoms with Crippen LogP contribution in [-0.4, -0.2) is 17.6 Å². The predicted octanol–water partition coefficient (Wildman–Crippen LogP) is 1.38. The standard InChI is InChI=1S/C11H13FN2OS/c1-2-13-11(16)14-10(15)7-8-5-3-4-6-9(8)12/h3-6H,2,7H2,1H3,(H2,13,14,15,16). The van der Waals surface area contributed by atoms with Gasteiger partial charge in [0.15, 0.2) is 5.11 Å². The molecular weight excluding hydrogens is 227 g/mol. The van der Waals surface area contributed by atoms with E-state index in [1.54, 1.807) is 18.2 Å². The molecule has 2 N–H and O–H groups in total. The van der Waals surface area contributed by atoms with E-state index in [4.69, 9.17) is 12.2 Å². The summed E-state index contributed by atoms with van der Waals surface area (Å²) in [4.78, 5) is 11.4. The minimum Gasteiger partial charge on any atom is -0.363 e. The molecule has 1 amide bonds. The van der Waals surface area contributed by atoms with Gasteiger partial charge >= 0.3 is 0 Å². The molecule has 0 heterocycles. The summed E-state index contributed by atoms with van der Waals surface area (Å²) in [5.41, 5.74) is 0.360. The van der Waals surface area contributed by atoms with Gasteiger partial charge in [0.1, 0.15) is 5.82 Å². The highest BCUT2D eigenvalue weighted by Gasteiger charge is 2.08. The second kappa shape index (κ2) is 6.17. The van der Waals surface area contributed by atoms with Crippen LogP contribution in [0.25, 0.3) is 0 Å². The van der Waals surface area contributed by atoms with Gasteiger partial charge in [-0.05, 0) is 30.8 Å². The number of hydrogen-bond donors (Lipinski definition) is 2. The molecule has 16 heavy (non-hydrogen) atoms. The lowest BCUT2D eigenvalue weighted by molar-refractivity contribution is -0.119. The largest absolute Gasteiger partial charge is 0.363 e. The highest BCUT2D eigenvalue weighted by Crippen LogP contribution is 2.06. The second-order valence-electron chi connectivity index (χ2n) is 3.18. The van der Waals surface area contributed by atoms with E-state index >= 15 is 0 Å². The van der Waals surface area contributed by atoms with Crippen LogP contribution in [-0.2, 0) is 11.2 Å². The van der Waals surface area contributed by atoms with E-state index in [9.17, 15) is 9.18 Å². The van der Waals surface area contributed by atoms with Gasteiger partial charge in [0.2, 0.25) is 5.91 Å². The maximum absolute atomic E-state index is 13.2. The van der Waals surface area contributed by atoms with Crippen molar-refractivity contribution in [2.45, 2.75) is 13.3 Å². The first-order chi connectivity index (χ1) is 7.63. The minimum atomic E-state index is -0.382. The number of benzene rings is 1. The van der Waals surface area contributed by atoms with Crippen LogP contribution < -0.4 is 10.6 Å². The van der Waals surface area contributed by atoms with E-state index in [0.29, 0.717) is 12.1 Å². The average molecular weight is 240 g/mol. The average Bonchev–Trinajstić information content (AvgIpc) is 2.21. The Bertz CT molecular complexity index is 395. The summed E-state index contributed by atoms with van der Waals surface area (Å²) >= 11 is 4.84. The molecule has 0 aliphatic rings. The Kier molecular flexibility index (Phi) is 4.85. The number of thiocarbonyl (C=S) groups is 1. The Morgan fingerprint density at radius 1 is 1.44 bits per heavy atom. The van der Waals surface area contributed by atoms with E-state index < -0.39 is 0 Å². The van der Waals surface area contributed by atoms with E-state index in [1.807, 2.05) is 6.92 Å². The number of hydrogen-bond acceptors (Lipinski definition) is 2. The second-order valence-corrected chi connectivity index (χ2v) is 3.58. The van der Waals surface area contributed by atoms with Crippen molar-refractivity contribution in [2.75, 3.05) is 6.54 Å². The molecule has 0 radical (unpaired) electrons. The molecule has 0 bridgehead atoms. The summed E-state index contributed by atoms with van der Waals surface area (Å²) in [6.45, 7) is 2.51. The third-order valence-electron chi connectivity index (χ3n) is 1.90. The highest BCUT2D eigenvalue weighted by atomic mass is 32.1. The van der Waals surface area contributed by atoms with Crippen LogP contribution >= 0.6 is 12.2 Å². The fraction of sp³-hybridized carbons (Fsp3) is 0.273. The van der Waals surface area contributed by atoms with Gasteiger partial charge in [0.25, 0.3) is 0 Å². The van der Waals surface area contributed by atoms with Crippen LogP contribution in [0.1, 0.15) is 12.5 Å². The van der Waals surface area contributed by atoms with Crippen LogP contribution in [0.4, 0.5) is 4.39 Å². The molecular formula is C11H13FN2OS. The molecule has 0 spiro atoms. The van der Waals surface area contributed by atoms with Crippen molar-refractivity contribution in [3.05, 3.63) is 35.6 Å². The maximum Gasteiger partial charge on any atom is 0.230 e. The lowest BCUT2D eigenvalue weighted by atomic mass is 10.1. The van der Waals surface area contributed by atoms with Gasteiger partial charge in [-0.25, -0.2) is 4.39 Å². The lowest BCUT2D eigenvalue weighted by Crippen LogP contribution is -2.39. The predicted molar refractivity (Wildman–Crippen MR) is 64.5 cm³/mol. The Balaban J connectivity index is 2.52. The molecule has 86 valence electrons. The molecule has 0 fully saturated rings. The van der Waals surface area contributed by atoms with Crippen LogP contribution in [0.15, 0.2) is 24.3 Å². The number of amides is 1. The quantitative estimate of drug-likeness (QED) is 0.784. The first-order valence-electron chi connectivity index (χ1n) is 4.94. The zero-order valence-corrected chi connectivity index (χ0v) is 9.73. The smallest absolute Gasteiger partial charge is 0.230 e. The molecule has 1 aromatic rings. The monoisotopic (exact) mass is 240 g/mol. The molecule has 0 saturated heterocycles. The normalized spacial score (nSPS) is 9.62. The molecule has 1 rings (SSSR count). The zero-order valence-electron chi connectivity index (χ0n) is 8.92. The summed E-state index contributed by atoms with van der Waals surface area (Å²) in [5.74, 6) is -0.705. The van der Waals surface area contributed by atoms with E-state index in [-0.39, 0.29) is 23.3 Å². The third kappa shape index (κ3) is 3.94. The number of carbonyl (C=O) groups is 1. The fourth-order valence-electron chi connectivity index (χ4n) is 1.19. The van der Waals surface area contributed by atoms with E-state index in [2.05, 4.69) is 10.6 Å². The van der Waals surface area contributed by atoms with E-state index in [0.717, 1.165) is 0 Å². The molecule has 0 atom stereocenters. The summed E-state index contributed by atoms with van der Waals surface area (Å²) in [5, 5.41) is 5.52. The molecule has 3 nitrogen and oxygen atoms in total. The van der Waals surface area contributed by atoms with Gasteiger partial charge in [0, 0.05) is 6.54 Å². The van der Waals surface area contributed by atoms with Crippen molar-refractivity contribution in [1.82, 2.24) is 10.6 Å². The lowest BCUT2D eigenvalue weighted by Gasteiger charge is -2.07. The number of rotatable bonds is 3. The van der Waals surface area contributed by atoms with Crippen molar-refractivity contribution in [3.8, 4) is 0 Å². The van der Waals surface area contributed by atoms with Crippen molar-refractivity contribution in [3.63, 3.8) is 0 Å². The highest BCUT2D eigenvalue weighted by molar-refractivity contribution is 7.80. The fourth-order valence-corrected chi connectivity index (χ4v) is 1.45. The minimum absolute atomic E-state index is 0.0157. The van der Waals surface area contributed by atoms with E-state index in [1.165, 1.54) is 6.07 Å². The van der Waals surface area contributed by atoms with Gasteiger partial charge in [0.05, 0.1) is 6.42 Å². The van der Waals surface area contributed by atoms with Gasteiger partial charge in [-0.2, -0.15) is 0 Å². The van der Waals surface area contributed by atoms with Crippen LogP contribution in [0.2, 0.25) is 0 Å². The van der Waals surface area contributed by atoms with Crippen LogP contribution in [0, 0.1) is 5.82 Å². The molecule has 1 aromatic carbocycles. The topological polar surface area (TPSA) is 41.1 Å².